The molecule has 0 heterocycles. The van der Waals surface area contributed by atoms with E-state index in [4.69, 9.17) is 17.4 Å². The van der Waals surface area contributed by atoms with E-state index < -0.39 is 0 Å². The summed E-state index contributed by atoms with van der Waals surface area (Å²) in [5.74, 6) is 8.35. The Morgan fingerprint density at radius 1 is 1.19 bits per heavy atom. The number of nitrogens with two attached hydrogens (primary N) is 1. The molecule has 0 aromatic rings. The predicted molar refractivity (Wildman–Crippen MR) is 62.7 cm³/mol. The van der Waals surface area contributed by atoms with Crippen LogP contribution in [0.3, 0.4) is 0 Å². The van der Waals surface area contributed by atoms with Crippen molar-refractivity contribution in [3.63, 3.8) is 0 Å². The molecule has 4 fully saturated rings. The SMILES string of the molecule is NN(C(=O)CCl)C12CC3CC(CC(C3)C1)C2. The third-order valence-corrected chi connectivity index (χ3v) is 5.13. The lowest BCUT2D eigenvalue weighted by Crippen LogP contribution is -2.64. The van der Waals surface area contributed by atoms with E-state index >= 15 is 0 Å². The number of nitrogens with zero attached hydrogens (tertiary/aromatic N) is 1. The van der Waals surface area contributed by atoms with Crippen molar-refractivity contribution in [3.05, 3.63) is 0 Å². The van der Waals surface area contributed by atoms with Crippen LogP contribution in [0.4, 0.5) is 0 Å². The largest absolute Gasteiger partial charge is 0.273 e. The van der Waals surface area contributed by atoms with Crippen LogP contribution in [0, 0.1) is 17.8 Å². The van der Waals surface area contributed by atoms with E-state index in [0.29, 0.717) is 0 Å². The Morgan fingerprint density at radius 2 is 1.62 bits per heavy atom. The summed E-state index contributed by atoms with van der Waals surface area (Å²) in [6.07, 6.45) is 7.42. The maximum atomic E-state index is 11.7. The van der Waals surface area contributed by atoms with Gasteiger partial charge in [-0.2, -0.15) is 0 Å². The third kappa shape index (κ3) is 1.48. The van der Waals surface area contributed by atoms with Gasteiger partial charge in [-0.3, -0.25) is 9.80 Å². The Balaban J connectivity index is 1.85. The molecule has 0 radical (unpaired) electrons. The average molecular weight is 243 g/mol. The van der Waals surface area contributed by atoms with Crippen molar-refractivity contribution in [1.82, 2.24) is 5.01 Å². The van der Waals surface area contributed by atoms with Crippen LogP contribution in [0.5, 0.6) is 0 Å². The van der Waals surface area contributed by atoms with Crippen LogP contribution in [0.15, 0.2) is 0 Å². The van der Waals surface area contributed by atoms with Gasteiger partial charge in [-0.15, -0.1) is 11.6 Å². The molecule has 4 heteroatoms. The minimum Gasteiger partial charge on any atom is -0.273 e. The molecule has 0 aromatic carbocycles. The van der Waals surface area contributed by atoms with E-state index in [1.807, 2.05) is 0 Å². The van der Waals surface area contributed by atoms with E-state index in [-0.39, 0.29) is 17.3 Å². The smallest absolute Gasteiger partial charge is 0.251 e. The van der Waals surface area contributed by atoms with Crippen LogP contribution >= 0.6 is 11.6 Å². The lowest BCUT2D eigenvalue weighted by Gasteiger charge is -2.59. The molecular formula is C12H19ClN2O. The molecule has 90 valence electrons. The van der Waals surface area contributed by atoms with Gasteiger partial charge in [0.05, 0.1) is 5.54 Å². The minimum absolute atomic E-state index is 0.0122. The van der Waals surface area contributed by atoms with Gasteiger partial charge in [0.15, 0.2) is 0 Å². The van der Waals surface area contributed by atoms with Crippen LogP contribution in [0.2, 0.25) is 0 Å². The quantitative estimate of drug-likeness (QED) is 0.348. The second kappa shape index (κ2) is 3.61. The summed E-state index contributed by atoms with van der Waals surface area (Å²) in [6.45, 7) is 0. The molecule has 0 aromatic heterocycles. The Hall–Kier alpha value is -0.280. The number of halogens is 1. The highest BCUT2D eigenvalue weighted by Crippen LogP contribution is 2.57. The maximum absolute atomic E-state index is 11.7. The van der Waals surface area contributed by atoms with Gasteiger partial charge in [0, 0.05) is 0 Å². The number of hydrogen-bond acceptors (Lipinski definition) is 2. The predicted octanol–water partition coefficient (Wildman–Crippen LogP) is 1.90. The van der Waals surface area contributed by atoms with Gasteiger partial charge in [0.25, 0.3) is 5.91 Å². The van der Waals surface area contributed by atoms with E-state index in [1.165, 1.54) is 24.3 Å². The number of carbonyl (C=O) groups excluding carboxylic acids is 1. The molecule has 4 aliphatic rings. The lowest BCUT2D eigenvalue weighted by atomic mass is 9.53. The molecule has 4 bridgehead atoms. The van der Waals surface area contributed by atoms with Crippen molar-refractivity contribution >= 4 is 17.5 Å². The molecule has 0 spiro atoms. The van der Waals surface area contributed by atoms with Crippen LogP contribution in [-0.4, -0.2) is 22.3 Å². The fourth-order valence-electron chi connectivity index (χ4n) is 4.69. The van der Waals surface area contributed by atoms with E-state index in [1.54, 1.807) is 0 Å². The molecular weight excluding hydrogens is 224 g/mol. The van der Waals surface area contributed by atoms with Gasteiger partial charge in [0.2, 0.25) is 0 Å². The number of carbonyl (C=O) groups is 1. The molecule has 0 atom stereocenters. The summed E-state index contributed by atoms with van der Waals surface area (Å²) in [5.41, 5.74) is -0.0409. The van der Waals surface area contributed by atoms with Crippen molar-refractivity contribution in [2.24, 2.45) is 23.6 Å². The highest BCUT2D eigenvalue weighted by atomic mass is 35.5. The highest BCUT2D eigenvalue weighted by Gasteiger charge is 2.54. The van der Waals surface area contributed by atoms with Crippen molar-refractivity contribution in [1.29, 1.82) is 0 Å². The molecule has 4 rings (SSSR count). The summed E-state index contributed by atoms with van der Waals surface area (Å²) in [4.78, 5) is 11.7. The second-order valence-corrected chi connectivity index (χ2v) is 6.31. The maximum Gasteiger partial charge on any atom is 0.251 e. The zero-order chi connectivity index (χ0) is 11.3. The van der Waals surface area contributed by atoms with Crippen molar-refractivity contribution in [2.75, 3.05) is 5.88 Å². The van der Waals surface area contributed by atoms with Crippen LogP contribution in [0.1, 0.15) is 38.5 Å². The standard InChI is InChI=1S/C12H19ClN2O/c13-7-11(16)15(14)12-4-8-1-9(5-12)3-10(2-8)6-12/h8-10H,1-7,14H2. The number of rotatable bonds is 2. The third-order valence-electron chi connectivity index (χ3n) is 4.90. The normalized spacial score (nSPS) is 44.8. The fourth-order valence-corrected chi connectivity index (χ4v) is 4.82. The summed E-state index contributed by atoms with van der Waals surface area (Å²) < 4.78 is 0. The van der Waals surface area contributed by atoms with Gasteiger partial charge >= 0.3 is 0 Å². The van der Waals surface area contributed by atoms with Crippen LogP contribution in [0.25, 0.3) is 0 Å². The van der Waals surface area contributed by atoms with Crippen molar-refractivity contribution < 1.29 is 4.79 Å². The molecule has 0 aliphatic heterocycles. The number of hydrogen-bond donors (Lipinski definition) is 1. The molecule has 0 unspecified atom stereocenters. The van der Waals surface area contributed by atoms with Gasteiger partial charge < -0.3 is 0 Å². The van der Waals surface area contributed by atoms with Crippen molar-refractivity contribution in [3.8, 4) is 0 Å². The first kappa shape index (κ1) is 10.8. The van der Waals surface area contributed by atoms with Crippen LogP contribution < -0.4 is 5.84 Å². The summed E-state index contributed by atoms with van der Waals surface area (Å²) in [6, 6.07) is 0. The molecule has 1 amide bonds. The van der Waals surface area contributed by atoms with Gasteiger partial charge in [0.1, 0.15) is 5.88 Å². The van der Waals surface area contributed by atoms with Gasteiger partial charge in [-0.1, -0.05) is 0 Å². The van der Waals surface area contributed by atoms with Crippen molar-refractivity contribution in [2.45, 2.75) is 44.1 Å². The zero-order valence-electron chi connectivity index (χ0n) is 9.49. The first-order valence-corrected chi connectivity index (χ1v) is 6.80. The summed E-state index contributed by atoms with van der Waals surface area (Å²) in [7, 11) is 0. The Bertz CT molecular complexity index is 283. The lowest BCUT2D eigenvalue weighted by molar-refractivity contribution is -0.148. The highest BCUT2D eigenvalue weighted by molar-refractivity contribution is 6.27. The van der Waals surface area contributed by atoms with E-state index in [0.717, 1.165) is 37.0 Å². The molecule has 2 N–H and O–H groups in total. The number of hydrazine groups is 1. The first-order valence-electron chi connectivity index (χ1n) is 6.27. The van der Waals surface area contributed by atoms with E-state index in [9.17, 15) is 4.79 Å². The Morgan fingerprint density at radius 3 is 2.00 bits per heavy atom. The zero-order valence-corrected chi connectivity index (χ0v) is 10.2. The Labute approximate surface area is 101 Å². The molecule has 16 heavy (non-hydrogen) atoms. The number of alkyl halides is 1. The fraction of sp³-hybridized carbons (Fsp3) is 0.917. The molecule has 3 nitrogen and oxygen atoms in total. The first-order chi connectivity index (χ1) is 7.63. The number of amides is 1. The average Bonchev–Trinajstić information content (AvgIpc) is 2.25. The second-order valence-electron chi connectivity index (χ2n) is 6.04. The molecule has 4 saturated carbocycles. The molecule has 4 aliphatic carbocycles. The van der Waals surface area contributed by atoms with Gasteiger partial charge in [-0.05, 0) is 56.3 Å². The van der Waals surface area contributed by atoms with Gasteiger partial charge in [-0.25, -0.2) is 5.84 Å². The molecule has 0 saturated heterocycles. The monoisotopic (exact) mass is 242 g/mol. The van der Waals surface area contributed by atoms with Crippen LogP contribution in [-0.2, 0) is 4.79 Å². The summed E-state index contributed by atoms with van der Waals surface area (Å²) >= 11 is 5.62. The minimum atomic E-state index is -0.108. The Kier molecular flexibility index (Phi) is 2.44. The van der Waals surface area contributed by atoms with E-state index in [2.05, 4.69) is 0 Å². The summed E-state index contributed by atoms with van der Waals surface area (Å²) in [5, 5.41) is 1.49. The topological polar surface area (TPSA) is 46.3 Å².